The van der Waals surface area contributed by atoms with Gasteiger partial charge in [0.25, 0.3) is 0 Å². The van der Waals surface area contributed by atoms with Crippen molar-refractivity contribution in [1.29, 1.82) is 0 Å². The molecule has 0 aromatic carbocycles. The van der Waals surface area contributed by atoms with Gasteiger partial charge in [-0.2, -0.15) is 0 Å². The van der Waals surface area contributed by atoms with Crippen LogP contribution in [0.5, 0.6) is 0 Å². The Hall–Kier alpha value is -1.30. The van der Waals surface area contributed by atoms with E-state index in [0.29, 0.717) is 6.54 Å². The normalized spacial score (nSPS) is 21.2. The molecular formula is C13H25N3O3. The molecule has 0 spiro atoms. The summed E-state index contributed by atoms with van der Waals surface area (Å²) in [5.41, 5.74) is 5.65. The highest BCUT2D eigenvalue weighted by Gasteiger charge is 2.31. The molecule has 0 aliphatic carbocycles. The first kappa shape index (κ1) is 15.8. The van der Waals surface area contributed by atoms with Gasteiger partial charge in [0.1, 0.15) is 5.92 Å². The fraction of sp³-hybridized carbons (Fsp3) is 0.846. The van der Waals surface area contributed by atoms with Crippen LogP contribution in [0, 0.1) is 17.3 Å². The Kier molecular flexibility index (Phi) is 5.60. The average molecular weight is 271 g/mol. The Morgan fingerprint density at radius 2 is 2.05 bits per heavy atom. The molecule has 4 N–H and O–H groups in total. The number of rotatable bonds is 5. The van der Waals surface area contributed by atoms with E-state index in [4.69, 9.17) is 15.7 Å². The van der Waals surface area contributed by atoms with Crippen LogP contribution < -0.4 is 11.1 Å². The molecule has 1 rings (SSSR count). The second-order valence-corrected chi connectivity index (χ2v) is 5.89. The molecule has 1 saturated heterocycles. The van der Waals surface area contributed by atoms with E-state index < -0.39 is 5.92 Å². The van der Waals surface area contributed by atoms with Crippen LogP contribution in [0.3, 0.4) is 0 Å². The molecule has 19 heavy (non-hydrogen) atoms. The van der Waals surface area contributed by atoms with Gasteiger partial charge in [-0.25, -0.2) is 0 Å². The summed E-state index contributed by atoms with van der Waals surface area (Å²) in [6.07, 6.45) is 1.87. The summed E-state index contributed by atoms with van der Waals surface area (Å²) in [6, 6.07) is 0. The lowest BCUT2D eigenvalue weighted by atomic mass is 9.82. The van der Waals surface area contributed by atoms with E-state index in [2.05, 4.69) is 17.4 Å². The number of carbonyl (C=O) groups is 1. The molecule has 0 radical (unpaired) electrons. The van der Waals surface area contributed by atoms with Crippen LogP contribution in [0.4, 0.5) is 0 Å². The summed E-state index contributed by atoms with van der Waals surface area (Å²) in [4.78, 5) is 12.2. The molecule has 6 nitrogen and oxygen atoms in total. The average Bonchev–Trinajstić information content (AvgIpc) is 2.37. The number of hydrogen-bond acceptors (Lipinski definition) is 4. The summed E-state index contributed by atoms with van der Waals surface area (Å²) >= 11 is 0. The van der Waals surface area contributed by atoms with Gasteiger partial charge >= 0.3 is 0 Å². The maximum atomic E-state index is 12.2. The molecule has 0 aromatic heterocycles. The summed E-state index contributed by atoms with van der Waals surface area (Å²) in [5.74, 6) is -0.825. The van der Waals surface area contributed by atoms with Crippen LogP contribution >= 0.6 is 0 Å². The number of amides is 1. The summed E-state index contributed by atoms with van der Waals surface area (Å²) < 4.78 is 5.33. The first-order valence-electron chi connectivity index (χ1n) is 6.72. The molecule has 6 heteroatoms. The largest absolute Gasteiger partial charge is 0.409 e. The molecule has 0 aromatic rings. The van der Waals surface area contributed by atoms with Gasteiger partial charge in [0.2, 0.25) is 5.91 Å². The van der Waals surface area contributed by atoms with E-state index in [1.54, 1.807) is 0 Å². The Bertz CT molecular complexity index is 336. The molecule has 0 saturated carbocycles. The molecular weight excluding hydrogens is 246 g/mol. The van der Waals surface area contributed by atoms with Crippen molar-refractivity contribution in [3.63, 3.8) is 0 Å². The minimum atomic E-state index is -0.589. The third-order valence-corrected chi connectivity index (χ3v) is 3.77. The van der Waals surface area contributed by atoms with Gasteiger partial charge in [-0.3, -0.25) is 4.79 Å². The fourth-order valence-electron chi connectivity index (χ4n) is 2.29. The first-order valence-corrected chi connectivity index (χ1v) is 6.72. The number of nitrogens with two attached hydrogens (primary N) is 1. The maximum Gasteiger partial charge on any atom is 0.231 e. The van der Waals surface area contributed by atoms with Crippen molar-refractivity contribution in [2.45, 2.75) is 33.6 Å². The lowest BCUT2D eigenvalue weighted by Crippen LogP contribution is -2.46. The predicted molar refractivity (Wildman–Crippen MR) is 72.9 cm³/mol. The quantitative estimate of drug-likeness (QED) is 0.300. The van der Waals surface area contributed by atoms with Crippen molar-refractivity contribution in [3.8, 4) is 0 Å². The van der Waals surface area contributed by atoms with E-state index >= 15 is 0 Å². The van der Waals surface area contributed by atoms with Gasteiger partial charge in [-0.1, -0.05) is 25.9 Å². The molecule has 1 unspecified atom stereocenters. The van der Waals surface area contributed by atoms with Crippen LogP contribution in [-0.2, 0) is 9.53 Å². The summed E-state index contributed by atoms with van der Waals surface area (Å²) in [6.45, 7) is 7.96. The highest BCUT2D eigenvalue weighted by atomic mass is 16.5. The molecule has 1 aliphatic rings. The van der Waals surface area contributed by atoms with Crippen molar-refractivity contribution in [1.82, 2.24) is 5.32 Å². The van der Waals surface area contributed by atoms with Crippen LogP contribution in [0.1, 0.15) is 33.6 Å². The topological polar surface area (TPSA) is 96.9 Å². The van der Waals surface area contributed by atoms with E-state index in [1.165, 1.54) is 0 Å². The van der Waals surface area contributed by atoms with Gasteiger partial charge in [-0.15, -0.1) is 0 Å². The number of nitrogens with zero attached hydrogens (tertiary/aromatic N) is 1. The number of oxime groups is 1. The SMILES string of the molecule is CC(C)C(C(=O)NCC1(C)CCOCC1)C(N)=NO. The Labute approximate surface area is 114 Å². The Balaban J connectivity index is 2.57. The molecule has 1 heterocycles. The van der Waals surface area contributed by atoms with Crippen molar-refractivity contribution in [3.05, 3.63) is 0 Å². The van der Waals surface area contributed by atoms with Crippen molar-refractivity contribution >= 4 is 11.7 Å². The number of nitrogens with one attached hydrogen (secondary N) is 1. The number of hydrogen-bond donors (Lipinski definition) is 3. The third kappa shape index (κ3) is 4.38. The minimum absolute atomic E-state index is 0.0154. The number of carbonyl (C=O) groups excluding carboxylic acids is 1. The zero-order valence-corrected chi connectivity index (χ0v) is 12.0. The highest BCUT2D eigenvalue weighted by Crippen LogP contribution is 2.28. The zero-order chi connectivity index (χ0) is 14.5. The van der Waals surface area contributed by atoms with E-state index in [9.17, 15) is 4.79 Å². The van der Waals surface area contributed by atoms with Crippen LogP contribution in [0.2, 0.25) is 0 Å². The predicted octanol–water partition coefficient (Wildman–Crippen LogP) is 0.938. The van der Waals surface area contributed by atoms with Gasteiger partial charge in [-0.05, 0) is 24.2 Å². The Morgan fingerprint density at radius 1 is 1.47 bits per heavy atom. The zero-order valence-electron chi connectivity index (χ0n) is 12.0. The van der Waals surface area contributed by atoms with Gasteiger partial charge in [0.15, 0.2) is 5.84 Å². The smallest absolute Gasteiger partial charge is 0.231 e. The monoisotopic (exact) mass is 271 g/mol. The van der Waals surface area contributed by atoms with Crippen LogP contribution in [0.25, 0.3) is 0 Å². The van der Waals surface area contributed by atoms with Gasteiger partial charge < -0.3 is 21.0 Å². The molecule has 110 valence electrons. The van der Waals surface area contributed by atoms with Gasteiger partial charge in [0, 0.05) is 19.8 Å². The molecule has 1 atom stereocenters. The second kappa shape index (κ2) is 6.75. The minimum Gasteiger partial charge on any atom is -0.409 e. The molecule has 1 amide bonds. The van der Waals surface area contributed by atoms with E-state index in [1.807, 2.05) is 13.8 Å². The van der Waals surface area contributed by atoms with Crippen molar-refractivity contribution < 1.29 is 14.7 Å². The lowest BCUT2D eigenvalue weighted by Gasteiger charge is -2.34. The third-order valence-electron chi connectivity index (χ3n) is 3.77. The maximum absolute atomic E-state index is 12.2. The summed E-state index contributed by atoms with van der Waals surface area (Å²) in [7, 11) is 0. The Morgan fingerprint density at radius 3 is 2.53 bits per heavy atom. The number of amidine groups is 1. The second-order valence-electron chi connectivity index (χ2n) is 5.89. The van der Waals surface area contributed by atoms with Gasteiger partial charge in [0.05, 0.1) is 0 Å². The lowest BCUT2D eigenvalue weighted by molar-refractivity contribution is -0.125. The summed E-state index contributed by atoms with van der Waals surface area (Å²) in [5, 5.41) is 14.6. The van der Waals surface area contributed by atoms with E-state index in [0.717, 1.165) is 26.1 Å². The van der Waals surface area contributed by atoms with Crippen LogP contribution in [-0.4, -0.2) is 36.7 Å². The first-order chi connectivity index (χ1) is 8.89. The highest BCUT2D eigenvalue weighted by molar-refractivity contribution is 6.02. The van der Waals surface area contributed by atoms with Crippen molar-refractivity contribution in [2.24, 2.45) is 28.1 Å². The molecule has 0 bridgehead atoms. The van der Waals surface area contributed by atoms with Crippen molar-refractivity contribution in [2.75, 3.05) is 19.8 Å². The standard InChI is InChI=1S/C13H25N3O3/c1-9(2)10(11(14)16-18)12(17)15-8-13(3)4-6-19-7-5-13/h9-10,18H,4-8H2,1-3H3,(H2,14,16)(H,15,17). The van der Waals surface area contributed by atoms with Crippen LogP contribution in [0.15, 0.2) is 5.16 Å². The van der Waals surface area contributed by atoms with E-state index in [-0.39, 0.29) is 23.1 Å². The molecule has 1 aliphatic heterocycles. The number of ether oxygens (including phenoxy) is 1. The molecule has 1 fully saturated rings. The fourth-order valence-corrected chi connectivity index (χ4v) is 2.29.